The molecule has 2 N–H and O–H groups in total. The van der Waals surface area contributed by atoms with Crippen molar-refractivity contribution < 1.29 is 9.90 Å². The van der Waals surface area contributed by atoms with Crippen molar-refractivity contribution in [2.45, 2.75) is 26.3 Å². The number of benzene rings is 1. The van der Waals surface area contributed by atoms with Crippen molar-refractivity contribution in [3.63, 3.8) is 0 Å². The fourth-order valence-electron chi connectivity index (χ4n) is 2.73. The summed E-state index contributed by atoms with van der Waals surface area (Å²) in [5.74, 6) is 0.754. The highest BCUT2D eigenvalue weighted by Gasteiger charge is 2.28. The van der Waals surface area contributed by atoms with Crippen molar-refractivity contribution in [2.75, 3.05) is 20.1 Å². The highest BCUT2D eigenvalue weighted by Crippen LogP contribution is 2.21. The average molecular weight is 262 g/mol. The Labute approximate surface area is 114 Å². The molecule has 1 amide bonds. The van der Waals surface area contributed by atoms with E-state index in [1.165, 1.54) is 0 Å². The van der Waals surface area contributed by atoms with Crippen LogP contribution in [0, 0.1) is 12.8 Å². The molecule has 1 fully saturated rings. The van der Waals surface area contributed by atoms with Gasteiger partial charge in [0.2, 0.25) is 0 Å². The van der Waals surface area contributed by atoms with Crippen LogP contribution in [0.2, 0.25) is 0 Å². The van der Waals surface area contributed by atoms with Crippen molar-refractivity contribution in [1.29, 1.82) is 0 Å². The molecule has 104 valence electrons. The molecule has 0 bridgehead atoms. The number of carbonyl (C=O) groups is 1. The third-order valence-corrected chi connectivity index (χ3v) is 4.01. The van der Waals surface area contributed by atoms with Crippen LogP contribution < -0.4 is 5.32 Å². The van der Waals surface area contributed by atoms with Gasteiger partial charge in [-0.05, 0) is 50.1 Å². The number of phenols is 1. The van der Waals surface area contributed by atoms with Crippen LogP contribution in [0.25, 0.3) is 0 Å². The third-order valence-electron chi connectivity index (χ3n) is 4.01. The number of aryl methyl sites for hydroxylation is 1. The number of piperidine rings is 1. The Hall–Kier alpha value is -1.55. The van der Waals surface area contributed by atoms with Crippen LogP contribution >= 0.6 is 0 Å². The number of rotatable bonds is 2. The Balaban J connectivity index is 2.10. The molecule has 0 aliphatic carbocycles. The van der Waals surface area contributed by atoms with Gasteiger partial charge in [-0.1, -0.05) is 6.92 Å². The van der Waals surface area contributed by atoms with E-state index in [-0.39, 0.29) is 11.7 Å². The highest BCUT2D eigenvalue weighted by molar-refractivity contribution is 5.94. The van der Waals surface area contributed by atoms with Gasteiger partial charge in [0.05, 0.1) is 0 Å². The number of phenolic OH excluding ortho intramolecular Hbond substituents is 1. The fraction of sp³-hybridized carbons (Fsp3) is 0.533. The van der Waals surface area contributed by atoms with E-state index in [9.17, 15) is 9.90 Å². The minimum atomic E-state index is 0.0597. The quantitative estimate of drug-likeness (QED) is 0.854. The lowest BCUT2D eigenvalue weighted by atomic mass is 9.93. The molecule has 4 heteroatoms. The van der Waals surface area contributed by atoms with Crippen molar-refractivity contribution in [3.8, 4) is 5.75 Å². The Kier molecular flexibility index (Phi) is 4.10. The zero-order chi connectivity index (χ0) is 14.0. The van der Waals surface area contributed by atoms with E-state index in [0.717, 1.165) is 25.1 Å². The lowest BCUT2D eigenvalue weighted by Crippen LogP contribution is -2.49. The number of nitrogens with zero attached hydrogens (tertiary/aromatic N) is 1. The maximum atomic E-state index is 12.4. The Morgan fingerprint density at radius 3 is 2.79 bits per heavy atom. The van der Waals surface area contributed by atoms with Crippen molar-refractivity contribution in [1.82, 2.24) is 10.2 Å². The maximum Gasteiger partial charge on any atom is 0.253 e. The van der Waals surface area contributed by atoms with E-state index < -0.39 is 0 Å². The number of carbonyl (C=O) groups excluding carboxylic acids is 1. The molecule has 1 aromatic rings. The Morgan fingerprint density at radius 2 is 2.21 bits per heavy atom. The summed E-state index contributed by atoms with van der Waals surface area (Å²) in [6.45, 7) is 5.55. The van der Waals surface area contributed by atoms with Gasteiger partial charge in [0.25, 0.3) is 5.91 Å². The van der Waals surface area contributed by atoms with Crippen molar-refractivity contribution >= 4 is 5.91 Å². The fourth-order valence-corrected chi connectivity index (χ4v) is 2.73. The summed E-state index contributed by atoms with van der Waals surface area (Å²) >= 11 is 0. The molecule has 1 aliphatic rings. The zero-order valence-corrected chi connectivity index (χ0v) is 11.8. The van der Waals surface area contributed by atoms with Crippen LogP contribution in [0.15, 0.2) is 18.2 Å². The van der Waals surface area contributed by atoms with Gasteiger partial charge in [-0.3, -0.25) is 4.79 Å². The molecule has 1 aliphatic heterocycles. The molecule has 0 aromatic heterocycles. The zero-order valence-electron chi connectivity index (χ0n) is 11.8. The van der Waals surface area contributed by atoms with Crippen molar-refractivity contribution in [2.24, 2.45) is 5.92 Å². The van der Waals surface area contributed by atoms with E-state index in [1.807, 2.05) is 18.9 Å². The molecule has 2 unspecified atom stereocenters. The molecule has 4 nitrogen and oxygen atoms in total. The summed E-state index contributed by atoms with van der Waals surface area (Å²) in [5, 5.41) is 12.8. The van der Waals surface area contributed by atoms with Gasteiger partial charge in [0.1, 0.15) is 5.75 Å². The number of likely N-dealkylation sites (tertiary alicyclic amines) is 1. The van der Waals surface area contributed by atoms with Gasteiger partial charge in [0, 0.05) is 24.7 Å². The minimum absolute atomic E-state index is 0.0597. The summed E-state index contributed by atoms with van der Waals surface area (Å²) in [6, 6.07) is 5.53. The molecule has 1 aromatic carbocycles. The molecule has 1 heterocycles. The van der Waals surface area contributed by atoms with Crippen LogP contribution in [-0.4, -0.2) is 42.1 Å². The molecule has 0 spiro atoms. The summed E-state index contributed by atoms with van der Waals surface area (Å²) in [4.78, 5) is 14.3. The second-order valence-corrected chi connectivity index (χ2v) is 5.41. The molecule has 0 saturated carbocycles. The number of amides is 1. The van der Waals surface area contributed by atoms with Crippen LogP contribution in [0.3, 0.4) is 0 Å². The normalized spacial score (nSPS) is 23.4. The predicted octanol–water partition coefficient (Wildman–Crippen LogP) is 1.77. The van der Waals surface area contributed by atoms with Crippen LogP contribution in [0.5, 0.6) is 5.75 Å². The Morgan fingerprint density at radius 1 is 1.47 bits per heavy atom. The van der Waals surface area contributed by atoms with Crippen LogP contribution in [0.1, 0.15) is 29.3 Å². The smallest absolute Gasteiger partial charge is 0.253 e. The molecule has 0 radical (unpaired) electrons. The summed E-state index contributed by atoms with van der Waals surface area (Å²) < 4.78 is 0. The second kappa shape index (κ2) is 5.61. The first-order valence-corrected chi connectivity index (χ1v) is 6.79. The third kappa shape index (κ3) is 2.89. The van der Waals surface area contributed by atoms with Gasteiger partial charge in [0.15, 0.2) is 0 Å². The summed E-state index contributed by atoms with van der Waals surface area (Å²) in [5.41, 5.74) is 1.40. The summed E-state index contributed by atoms with van der Waals surface area (Å²) in [7, 11) is 1.97. The lowest BCUT2D eigenvalue weighted by Gasteiger charge is -2.36. The molecule has 1 saturated heterocycles. The van der Waals surface area contributed by atoms with Gasteiger partial charge in [-0.2, -0.15) is 0 Å². The SMILES string of the molecule is CNC1CCN(C(=O)c2ccc(O)c(C)c2)CC1C. The first kappa shape index (κ1) is 13.9. The summed E-state index contributed by atoms with van der Waals surface area (Å²) in [6.07, 6.45) is 0.987. The van der Waals surface area contributed by atoms with E-state index in [2.05, 4.69) is 12.2 Å². The number of hydrogen-bond acceptors (Lipinski definition) is 3. The van der Waals surface area contributed by atoms with E-state index in [4.69, 9.17) is 0 Å². The van der Waals surface area contributed by atoms with E-state index in [0.29, 0.717) is 17.5 Å². The van der Waals surface area contributed by atoms with E-state index >= 15 is 0 Å². The first-order valence-electron chi connectivity index (χ1n) is 6.79. The van der Waals surface area contributed by atoms with Crippen LogP contribution in [-0.2, 0) is 0 Å². The second-order valence-electron chi connectivity index (χ2n) is 5.41. The maximum absolute atomic E-state index is 12.4. The van der Waals surface area contributed by atoms with Crippen molar-refractivity contribution in [3.05, 3.63) is 29.3 Å². The molecular weight excluding hydrogens is 240 g/mol. The monoisotopic (exact) mass is 262 g/mol. The molecule has 2 atom stereocenters. The number of aromatic hydroxyl groups is 1. The van der Waals surface area contributed by atoms with Gasteiger partial charge >= 0.3 is 0 Å². The predicted molar refractivity (Wildman–Crippen MR) is 75.4 cm³/mol. The first-order chi connectivity index (χ1) is 9.02. The number of nitrogens with one attached hydrogen (secondary N) is 1. The van der Waals surface area contributed by atoms with E-state index in [1.54, 1.807) is 18.2 Å². The largest absolute Gasteiger partial charge is 0.508 e. The highest BCUT2D eigenvalue weighted by atomic mass is 16.3. The van der Waals surface area contributed by atoms with Gasteiger partial charge in [-0.25, -0.2) is 0 Å². The van der Waals surface area contributed by atoms with Gasteiger partial charge < -0.3 is 15.3 Å². The average Bonchev–Trinajstić information content (AvgIpc) is 2.41. The topological polar surface area (TPSA) is 52.6 Å². The molecule has 19 heavy (non-hydrogen) atoms. The molecule has 2 rings (SSSR count). The lowest BCUT2D eigenvalue weighted by molar-refractivity contribution is 0.0649. The van der Waals surface area contributed by atoms with Crippen LogP contribution in [0.4, 0.5) is 0 Å². The van der Waals surface area contributed by atoms with Gasteiger partial charge in [-0.15, -0.1) is 0 Å². The Bertz CT molecular complexity index is 473. The number of hydrogen-bond donors (Lipinski definition) is 2. The molecular formula is C15H22N2O2. The standard InChI is InChI=1S/C15H22N2O2/c1-10-8-12(4-5-14(10)18)15(19)17-7-6-13(16-3)11(2)9-17/h4-5,8,11,13,16,18H,6-7,9H2,1-3H3. The minimum Gasteiger partial charge on any atom is -0.508 e.